The number of nitrogens with one attached hydrogen (secondary N) is 2. The van der Waals surface area contributed by atoms with Crippen LogP contribution in [0.3, 0.4) is 0 Å². The molecule has 4 aromatic rings. The Labute approximate surface area is 187 Å². The monoisotopic (exact) mass is 446 g/mol. The van der Waals surface area contributed by atoms with Gasteiger partial charge in [0.15, 0.2) is 5.58 Å². The summed E-state index contributed by atoms with van der Waals surface area (Å²) >= 11 is 0. The summed E-state index contributed by atoms with van der Waals surface area (Å²) < 4.78 is 10.1. The quantitative estimate of drug-likeness (QED) is 0.242. The molecule has 1 aromatic heterocycles. The van der Waals surface area contributed by atoms with Crippen LogP contribution in [-0.2, 0) is 11.3 Å². The molecule has 33 heavy (non-hydrogen) atoms. The van der Waals surface area contributed by atoms with Crippen molar-refractivity contribution in [1.82, 2.24) is 4.98 Å². The van der Waals surface area contributed by atoms with Crippen LogP contribution < -0.4 is 10.6 Å². The van der Waals surface area contributed by atoms with Gasteiger partial charge in [-0.3, -0.25) is 20.2 Å². The maximum Gasteiger partial charge on any atom is 0.337 e. The van der Waals surface area contributed by atoms with Crippen molar-refractivity contribution in [3.05, 3.63) is 93.5 Å². The van der Waals surface area contributed by atoms with E-state index in [9.17, 15) is 19.7 Å². The normalized spacial score (nSPS) is 10.6. The van der Waals surface area contributed by atoms with Gasteiger partial charge in [-0.05, 0) is 35.9 Å². The van der Waals surface area contributed by atoms with Crippen LogP contribution in [0.15, 0.2) is 71.1 Å². The SMILES string of the molecule is COC(=O)c1ccc2oc(NC(=O)c3ccc(NCc4ccccc4)c([N+](=O)[O-])c3)nc2c1. The molecule has 0 bridgehead atoms. The molecule has 1 amide bonds. The lowest BCUT2D eigenvalue weighted by atomic mass is 10.1. The molecule has 0 saturated heterocycles. The van der Waals surface area contributed by atoms with Crippen LogP contribution in [0.5, 0.6) is 0 Å². The Morgan fingerprint density at radius 3 is 2.55 bits per heavy atom. The van der Waals surface area contributed by atoms with Crippen molar-refractivity contribution in [2.75, 3.05) is 17.7 Å². The van der Waals surface area contributed by atoms with Crippen molar-refractivity contribution >= 4 is 40.4 Å². The minimum absolute atomic E-state index is 0.0597. The minimum atomic E-state index is -0.632. The van der Waals surface area contributed by atoms with Crippen LogP contribution >= 0.6 is 0 Å². The van der Waals surface area contributed by atoms with E-state index in [4.69, 9.17) is 4.42 Å². The summed E-state index contributed by atoms with van der Waals surface area (Å²) in [5, 5.41) is 17.1. The Balaban J connectivity index is 1.52. The first-order valence-electron chi connectivity index (χ1n) is 9.81. The number of carbonyl (C=O) groups is 2. The van der Waals surface area contributed by atoms with E-state index in [2.05, 4.69) is 20.4 Å². The molecule has 0 saturated carbocycles. The van der Waals surface area contributed by atoms with Gasteiger partial charge < -0.3 is 14.5 Å². The number of nitro benzene ring substituents is 1. The fraction of sp³-hybridized carbons (Fsp3) is 0.0870. The van der Waals surface area contributed by atoms with Gasteiger partial charge in [-0.15, -0.1) is 0 Å². The predicted molar refractivity (Wildman–Crippen MR) is 120 cm³/mol. The molecule has 2 N–H and O–H groups in total. The molecule has 10 heteroatoms. The zero-order valence-electron chi connectivity index (χ0n) is 17.4. The van der Waals surface area contributed by atoms with Gasteiger partial charge in [0.2, 0.25) is 0 Å². The molecule has 0 aliphatic rings. The predicted octanol–water partition coefficient (Wildman–Crippen LogP) is 4.39. The number of nitro groups is 1. The van der Waals surface area contributed by atoms with Crippen molar-refractivity contribution in [1.29, 1.82) is 0 Å². The third kappa shape index (κ3) is 4.79. The van der Waals surface area contributed by atoms with Gasteiger partial charge in [-0.25, -0.2) is 4.79 Å². The van der Waals surface area contributed by atoms with E-state index in [1.165, 1.54) is 43.5 Å². The van der Waals surface area contributed by atoms with E-state index in [0.717, 1.165) is 5.56 Å². The molecular weight excluding hydrogens is 428 g/mol. The van der Waals surface area contributed by atoms with Crippen molar-refractivity contribution in [2.45, 2.75) is 6.54 Å². The van der Waals surface area contributed by atoms with Crippen LogP contribution in [0.1, 0.15) is 26.3 Å². The first kappa shape index (κ1) is 21.5. The molecule has 0 unspecified atom stereocenters. The zero-order valence-corrected chi connectivity index (χ0v) is 17.4. The lowest BCUT2D eigenvalue weighted by Gasteiger charge is -2.09. The Hall–Kier alpha value is -4.73. The number of anilines is 2. The Morgan fingerprint density at radius 2 is 1.82 bits per heavy atom. The number of carbonyl (C=O) groups excluding carboxylic acids is 2. The molecule has 0 aliphatic heterocycles. The highest BCUT2D eigenvalue weighted by Gasteiger charge is 2.19. The highest BCUT2D eigenvalue weighted by molar-refractivity contribution is 6.04. The average Bonchev–Trinajstić information content (AvgIpc) is 3.24. The van der Waals surface area contributed by atoms with Crippen molar-refractivity contribution in [3.8, 4) is 0 Å². The summed E-state index contributed by atoms with van der Waals surface area (Å²) in [4.78, 5) is 39.5. The first-order valence-corrected chi connectivity index (χ1v) is 9.81. The van der Waals surface area contributed by atoms with E-state index in [1.54, 1.807) is 0 Å². The van der Waals surface area contributed by atoms with Gasteiger partial charge in [-0.1, -0.05) is 30.3 Å². The fourth-order valence-electron chi connectivity index (χ4n) is 3.16. The Bertz CT molecular complexity index is 1350. The van der Waals surface area contributed by atoms with Crippen LogP contribution in [0.2, 0.25) is 0 Å². The number of ether oxygens (including phenoxy) is 1. The number of fused-ring (bicyclic) bond motifs is 1. The summed E-state index contributed by atoms with van der Waals surface area (Å²) in [7, 11) is 1.27. The maximum absolute atomic E-state index is 12.6. The number of hydrogen-bond donors (Lipinski definition) is 2. The topological polar surface area (TPSA) is 137 Å². The number of esters is 1. The van der Waals surface area contributed by atoms with Gasteiger partial charge in [0.1, 0.15) is 11.2 Å². The smallest absolute Gasteiger partial charge is 0.337 e. The summed E-state index contributed by atoms with van der Waals surface area (Å²) in [6.07, 6.45) is 0. The van der Waals surface area contributed by atoms with Crippen molar-refractivity contribution in [3.63, 3.8) is 0 Å². The van der Waals surface area contributed by atoms with Crippen molar-refractivity contribution in [2.24, 2.45) is 0 Å². The number of rotatable bonds is 7. The van der Waals surface area contributed by atoms with E-state index in [1.807, 2.05) is 30.3 Å². The molecule has 166 valence electrons. The Morgan fingerprint density at radius 1 is 1.06 bits per heavy atom. The molecular formula is C23H18N4O6. The minimum Gasteiger partial charge on any atom is -0.465 e. The molecule has 0 spiro atoms. The zero-order chi connectivity index (χ0) is 23.4. The Kier molecular flexibility index (Phi) is 5.98. The highest BCUT2D eigenvalue weighted by Crippen LogP contribution is 2.27. The summed E-state index contributed by atoms with van der Waals surface area (Å²) in [6.45, 7) is 0.393. The number of oxazole rings is 1. The molecule has 0 radical (unpaired) electrons. The van der Waals surface area contributed by atoms with Gasteiger partial charge in [0, 0.05) is 18.2 Å². The maximum atomic E-state index is 12.6. The molecule has 0 fully saturated rings. The molecule has 4 rings (SSSR count). The largest absolute Gasteiger partial charge is 0.465 e. The first-order chi connectivity index (χ1) is 15.9. The molecule has 0 aliphatic carbocycles. The number of amides is 1. The number of benzene rings is 3. The van der Waals surface area contributed by atoms with Crippen LogP contribution in [-0.4, -0.2) is 28.9 Å². The number of aromatic nitrogens is 1. The second-order valence-electron chi connectivity index (χ2n) is 6.98. The van der Waals surface area contributed by atoms with Gasteiger partial charge >= 0.3 is 12.0 Å². The molecule has 0 atom stereocenters. The van der Waals surface area contributed by atoms with E-state index in [-0.39, 0.29) is 28.5 Å². The average molecular weight is 446 g/mol. The van der Waals surface area contributed by atoms with Crippen molar-refractivity contribution < 1.29 is 23.7 Å². The van der Waals surface area contributed by atoms with Gasteiger partial charge in [-0.2, -0.15) is 4.98 Å². The van der Waals surface area contributed by atoms with Crippen LogP contribution in [0.25, 0.3) is 11.1 Å². The standard InChI is InChI=1S/C23H18N4O6/c1-32-22(29)16-8-10-20-18(11-16)25-23(33-20)26-21(28)15-7-9-17(19(12-15)27(30)31)24-13-14-5-3-2-4-6-14/h2-12,24H,13H2,1H3,(H,25,26,28). The van der Waals surface area contributed by atoms with E-state index in [0.29, 0.717) is 17.6 Å². The third-order valence-electron chi connectivity index (χ3n) is 4.81. The number of nitrogens with zero attached hydrogens (tertiary/aromatic N) is 2. The highest BCUT2D eigenvalue weighted by atomic mass is 16.6. The molecule has 1 heterocycles. The van der Waals surface area contributed by atoms with Crippen LogP contribution in [0, 0.1) is 10.1 Å². The third-order valence-corrected chi connectivity index (χ3v) is 4.81. The molecule has 3 aromatic carbocycles. The van der Waals surface area contributed by atoms with E-state index < -0.39 is 16.8 Å². The van der Waals surface area contributed by atoms with Gasteiger partial charge in [0.25, 0.3) is 11.6 Å². The van der Waals surface area contributed by atoms with Gasteiger partial charge in [0.05, 0.1) is 17.6 Å². The summed E-state index contributed by atoms with van der Waals surface area (Å²) in [5.41, 5.74) is 2.05. The van der Waals surface area contributed by atoms with Crippen LogP contribution in [0.4, 0.5) is 17.4 Å². The number of hydrogen-bond acceptors (Lipinski definition) is 8. The lowest BCUT2D eigenvalue weighted by Crippen LogP contribution is -2.13. The van der Waals surface area contributed by atoms with E-state index >= 15 is 0 Å². The second-order valence-corrected chi connectivity index (χ2v) is 6.98. The number of methoxy groups -OCH3 is 1. The summed E-state index contributed by atoms with van der Waals surface area (Å²) in [5.74, 6) is -1.16. The second kappa shape index (κ2) is 9.18. The lowest BCUT2D eigenvalue weighted by molar-refractivity contribution is -0.384. The molecule has 10 nitrogen and oxygen atoms in total. The fourth-order valence-corrected chi connectivity index (χ4v) is 3.16. The summed E-state index contributed by atoms with van der Waals surface area (Å²) in [6, 6.07) is 18.0.